The first-order valence-electron chi connectivity index (χ1n) is 14.0. The van der Waals surface area contributed by atoms with Crippen LogP contribution in [0, 0.1) is 0 Å². The van der Waals surface area contributed by atoms with E-state index in [1.54, 1.807) is 18.2 Å². The Hall–Kier alpha value is -3.99. The second kappa shape index (κ2) is 11.2. The number of likely N-dealkylation sites (tertiary alicyclic amines) is 1. The molecule has 4 amide bonds. The van der Waals surface area contributed by atoms with E-state index < -0.39 is 11.9 Å². The number of ether oxygens (including phenoxy) is 2. The zero-order chi connectivity index (χ0) is 27.6. The van der Waals surface area contributed by atoms with Crippen molar-refractivity contribution >= 4 is 29.4 Å². The van der Waals surface area contributed by atoms with Crippen molar-refractivity contribution in [3.8, 4) is 5.75 Å². The Morgan fingerprint density at radius 2 is 1.90 bits per heavy atom. The summed E-state index contributed by atoms with van der Waals surface area (Å²) in [7, 11) is 0. The molecule has 3 fully saturated rings. The van der Waals surface area contributed by atoms with Gasteiger partial charge in [0.05, 0.1) is 19.3 Å². The summed E-state index contributed by atoms with van der Waals surface area (Å²) in [6.07, 6.45) is 3.32. The Morgan fingerprint density at radius 1 is 1.05 bits per heavy atom. The first kappa shape index (κ1) is 26.2. The van der Waals surface area contributed by atoms with E-state index in [4.69, 9.17) is 9.47 Å². The van der Waals surface area contributed by atoms with Crippen molar-refractivity contribution in [2.75, 3.05) is 44.4 Å². The van der Waals surface area contributed by atoms with Crippen molar-refractivity contribution in [3.63, 3.8) is 0 Å². The molecular formula is C29H33N5O6. The third-order valence-electron chi connectivity index (χ3n) is 8.11. The van der Waals surface area contributed by atoms with Gasteiger partial charge in [-0.2, -0.15) is 0 Å². The number of hydrogen-bond donors (Lipinski definition) is 1. The van der Waals surface area contributed by atoms with Gasteiger partial charge in [-0.05, 0) is 61.6 Å². The van der Waals surface area contributed by atoms with Crippen LogP contribution in [0.2, 0.25) is 0 Å². The molecule has 1 aromatic carbocycles. The Bertz CT molecular complexity index is 1330. The highest BCUT2D eigenvalue weighted by Gasteiger charge is 2.39. The number of anilines is 1. The van der Waals surface area contributed by atoms with Gasteiger partial charge in [0, 0.05) is 38.2 Å². The zero-order valence-corrected chi connectivity index (χ0v) is 22.3. The molecule has 11 nitrogen and oxygen atoms in total. The number of carbonyl (C=O) groups excluding carboxylic acids is 4. The molecule has 0 saturated carbocycles. The van der Waals surface area contributed by atoms with Crippen LogP contribution in [0.1, 0.15) is 58.5 Å². The smallest absolute Gasteiger partial charge is 0.272 e. The Labute approximate surface area is 232 Å². The molecule has 1 aromatic heterocycles. The molecule has 0 radical (unpaired) electrons. The third-order valence-corrected chi connectivity index (χ3v) is 8.11. The molecular weight excluding hydrogens is 514 g/mol. The SMILES string of the molecule is O=C1CCC(N2Cc3cc(OC[C@@H]4CCCCN4C(=O)c4cccc(N5CCOCC5)n4)ccc3C2=O)C(=O)N1. The Balaban J connectivity index is 1.11. The highest BCUT2D eigenvalue weighted by molar-refractivity contribution is 6.05. The second-order valence-electron chi connectivity index (χ2n) is 10.7. The zero-order valence-electron chi connectivity index (χ0n) is 22.3. The predicted octanol–water partition coefficient (Wildman–Crippen LogP) is 1.75. The van der Waals surface area contributed by atoms with Crippen LogP contribution in [-0.4, -0.2) is 90.0 Å². The molecule has 2 atom stereocenters. The van der Waals surface area contributed by atoms with Crippen LogP contribution < -0.4 is 15.0 Å². The van der Waals surface area contributed by atoms with Crippen LogP contribution in [0.5, 0.6) is 5.75 Å². The van der Waals surface area contributed by atoms with Gasteiger partial charge >= 0.3 is 0 Å². The summed E-state index contributed by atoms with van der Waals surface area (Å²) in [6.45, 7) is 4.07. The van der Waals surface area contributed by atoms with Crippen LogP contribution in [0.4, 0.5) is 5.82 Å². The number of amides is 4. The number of fused-ring (bicyclic) bond motifs is 1. The molecule has 5 heterocycles. The highest BCUT2D eigenvalue weighted by atomic mass is 16.5. The van der Waals surface area contributed by atoms with Crippen molar-refractivity contribution in [1.82, 2.24) is 20.1 Å². The summed E-state index contributed by atoms with van der Waals surface area (Å²) < 4.78 is 11.6. The third kappa shape index (κ3) is 5.25. The van der Waals surface area contributed by atoms with E-state index >= 15 is 0 Å². The number of benzene rings is 1. The number of hydrogen-bond acceptors (Lipinski definition) is 8. The van der Waals surface area contributed by atoms with Gasteiger partial charge in [0.25, 0.3) is 11.8 Å². The first-order chi connectivity index (χ1) is 19.5. The second-order valence-corrected chi connectivity index (χ2v) is 10.7. The monoisotopic (exact) mass is 547 g/mol. The van der Waals surface area contributed by atoms with Crippen LogP contribution in [0.3, 0.4) is 0 Å². The fourth-order valence-corrected chi connectivity index (χ4v) is 5.93. The predicted molar refractivity (Wildman–Crippen MR) is 144 cm³/mol. The quantitative estimate of drug-likeness (QED) is 0.543. The van der Waals surface area contributed by atoms with Gasteiger partial charge in [-0.15, -0.1) is 0 Å². The van der Waals surface area contributed by atoms with Crippen molar-refractivity contribution in [3.05, 3.63) is 53.2 Å². The van der Waals surface area contributed by atoms with Gasteiger partial charge in [0.1, 0.15) is 29.9 Å². The van der Waals surface area contributed by atoms with Gasteiger partial charge in [0.2, 0.25) is 11.8 Å². The number of nitrogens with zero attached hydrogens (tertiary/aromatic N) is 4. The normalized spacial score (nSPS) is 23.2. The van der Waals surface area contributed by atoms with Gasteiger partial charge in [0.15, 0.2) is 0 Å². The van der Waals surface area contributed by atoms with Crippen LogP contribution >= 0.6 is 0 Å². The van der Waals surface area contributed by atoms with E-state index in [-0.39, 0.29) is 36.7 Å². The minimum absolute atomic E-state index is 0.0926. The van der Waals surface area contributed by atoms with Gasteiger partial charge in [-0.1, -0.05) is 6.07 Å². The lowest BCUT2D eigenvalue weighted by Crippen LogP contribution is -2.52. The number of aromatic nitrogens is 1. The standard InChI is InChI=1S/C29H33N5O6/c35-26-10-9-24(27(36)31-26)34-17-19-16-21(7-8-22(19)28(34)37)40-18-20-4-1-2-11-33(20)29(38)23-5-3-6-25(30-23)32-12-14-39-15-13-32/h3,5-8,16,20,24H,1-2,4,9-15,17-18H2,(H,31,35,36)/t20-,24?/m0/s1. The largest absolute Gasteiger partial charge is 0.491 e. The summed E-state index contributed by atoms with van der Waals surface area (Å²) in [5.74, 6) is 0.354. The molecule has 0 bridgehead atoms. The van der Waals surface area contributed by atoms with E-state index in [1.807, 2.05) is 23.1 Å². The molecule has 40 heavy (non-hydrogen) atoms. The maximum absolute atomic E-state index is 13.5. The van der Waals surface area contributed by atoms with E-state index in [2.05, 4.69) is 15.2 Å². The van der Waals surface area contributed by atoms with E-state index in [0.717, 1.165) is 43.7 Å². The number of rotatable bonds is 6. The average Bonchev–Trinajstić information content (AvgIpc) is 3.31. The minimum Gasteiger partial charge on any atom is -0.491 e. The Morgan fingerprint density at radius 3 is 2.73 bits per heavy atom. The molecule has 1 unspecified atom stereocenters. The van der Waals surface area contributed by atoms with Gasteiger partial charge in [-0.25, -0.2) is 4.98 Å². The maximum Gasteiger partial charge on any atom is 0.272 e. The van der Waals surface area contributed by atoms with Crippen LogP contribution in [-0.2, 0) is 20.9 Å². The molecule has 4 aliphatic heterocycles. The van der Waals surface area contributed by atoms with E-state index in [9.17, 15) is 19.2 Å². The molecule has 2 aromatic rings. The molecule has 210 valence electrons. The topological polar surface area (TPSA) is 121 Å². The van der Waals surface area contributed by atoms with Crippen LogP contribution in [0.15, 0.2) is 36.4 Å². The first-order valence-corrected chi connectivity index (χ1v) is 14.0. The van der Waals surface area contributed by atoms with E-state index in [1.165, 1.54) is 4.90 Å². The molecule has 11 heteroatoms. The average molecular weight is 548 g/mol. The van der Waals surface area contributed by atoms with Crippen molar-refractivity contribution in [2.24, 2.45) is 0 Å². The highest BCUT2D eigenvalue weighted by Crippen LogP contribution is 2.31. The fraction of sp³-hybridized carbons (Fsp3) is 0.483. The lowest BCUT2D eigenvalue weighted by atomic mass is 10.0. The molecule has 4 aliphatic rings. The van der Waals surface area contributed by atoms with Gasteiger partial charge in [-0.3, -0.25) is 24.5 Å². The Kier molecular flexibility index (Phi) is 7.38. The number of nitrogens with one attached hydrogen (secondary N) is 1. The number of carbonyl (C=O) groups is 4. The molecule has 0 aliphatic carbocycles. The molecule has 6 rings (SSSR count). The minimum atomic E-state index is -0.654. The number of piperidine rings is 2. The van der Waals surface area contributed by atoms with Crippen molar-refractivity contribution in [2.45, 2.75) is 50.7 Å². The lowest BCUT2D eigenvalue weighted by Gasteiger charge is -2.35. The number of pyridine rings is 1. The summed E-state index contributed by atoms with van der Waals surface area (Å²) >= 11 is 0. The fourth-order valence-electron chi connectivity index (χ4n) is 5.93. The molecule has 1 N–H and O–H groups in total. The van der Waals surface area contributed by atoms with Gasteiger partial charge < -0.3 is 24.2 Å². The number of morpholine rings is 1. The summed E-state index contributed by atoms with van der Waals surface area (Å²) in [5.41, 5.74) is 1.76. The van der Waals surface area contributed by atoms with Crippen molar-refractivity contribution in [1.29, 1.82) is 0 Å². The summed E-state index contributed by atoms with van der Waals surface area (Å²) in [4.78, 5) is 60.6. The maximum atomic E-state index is 13.5. The molecule has 0 spiro atoms. The summed E-state index contributed by atoms with van der Waals surface area (Å²) in [6, 6.07) is 10.1. The lowest BCUT2D eigenvalue weighted by molar-refractivity contribution is -0.136. The number of imide groups is 1. The van der Waals surface area contributed by atoms with Crippen molar-refractivity contribution < 1.29 is 28.7 Å². The van der Waals surface area contributed by atoms with Crippen LogP contribution in [0.25, 0.3) is 0 Å². The summed E-state index contributed by atoms with van der Waals surface area (Å²) in [5, 5.41) is 2.33. The van der Waals surface area contributed by atoms with E-state index in [0.29, 0.717) is 49.8 Å². The molecule has 3 saturated heterocycles.